The van der Waals surface area contributed by atoms with E-state index in [-0.39, 0.29) is 6.03 Å². The highest BCUT2D eigenvalue weighted by Gasteiger charge is 2.33. The summed E-state index contributed by atoms with van der Waals surface area (Å²) >= 11 is 0. The molecule has 2 aliphatic rings. The van der Waals surface area contributed by atoms with E-state index in [1.54, 1.807) is 4.90 Å². The Bertz CT molecular complexity index is 428. The van der Waals surface area contributed by atoms with Crippen molar-refractivity contribution in [1.29, 1.82) is 0 Å². The summed E-state index contributed by atoms with van der Waals surface area (Å²) in [6.45, 7) is 5.66. The van der Waals surface area contributed by atoms with Gasteiger partial charge in [-0.1, -0.05) is 0 Å². The van der Waals surface area contributed by atoms with E-state index in [1.807, 2.05) is 6.92 Å². The molecule has 2 heterocycles. The molecule has 2 saturated heterocycles. The minimum absolute atomic E-state index is 0.129. The number of amides is 2. The van der Waals surface area contributed by atoms with Crippen molar-refractivity contribution in [3.63, 3.8) is 0 Å². The smallest absolute Gasteiger partial charge is 0.317 e. The Morgan fingerprint density at radius 3 is 2.15 bits per heavy atom. The lowest BCUT2D eigenvalue weighted by Crippen LogP contribution is -2.57. The third-order valence-corrected chi connectivity index (χ3v) is 5.51. The number of piperazine rings is 1. The third kappa shape index (κ3) is 3.40. The van der Waals surface area contributed by atoms with E-state index in [9.17, 15) is 13.2 Å². The SMILES string of the molecule is CCNC(=O)N1CCN(S(=O)(=O)N2CCOCC2)CC1. The maximum atomic E-state index is 12.4. The molecule has 0 saturated carbocycles. The molecule has 0 aromatic rings. The summed E-state index contributed by atoms with van der Waals surface area (Å²) in [5.41, 5.74) is 0. The van der Waals surface area contributed by atoms with E-state index in [0.29, 0.717) is 59.0 Å². The van der Waals surface area contributed by atoms with Crippen molar-refractivity contribution in [3.8, 4) is 0 Å². The van der Waals surface area contributed by atoms with Crippen LogP contribution in [0.15, 0.2) is 0 Å². The van der Waals surface area contributed by atoms with Crippen LogP contribution in [0.5, 0.6) is 0 Å². The monoisotopic (exact) mass is 306 g/mol. The molecule has 8 nitrogen and oxygen atoms in total. The molecule has 2 aliphatic heterocycles. The summed E-state index contributed by atoms with van der Waals surface area (Å²) in [5, 5.41) is 2.72. The molecule has 0 spiro atoms. The van der Waals surface area contributed by atoms with Crippen LogP contribution in [0.2, 0.25) is 0 Å². The Morgan fingerprint density at radius 1 is 1.05 bits per heavy atom. The van der Waals surface area contributed by atoms with Gasteiger partial charge in [-0.25, -0.2) is 4.79 Å². The first-order chi connectivity index (χ1) is 9.55. The summed E-state index contributed by atoms with van der Waals surface area (Å²) in [6, 6.07) is -0.129. The van der Waals surface area contributed by atoms with Crippen molar-refractivity contribution in [1.82, 2.24) is 18.8 Å². The van der Waals surface area contributed by atoms with Gasteiger partial charge >= 0.3 is 6.03 Å². The molecule has 0 aromatic carbocycles. The van der Waals surface area contributed by atoms with E-state index < -0.39 is 10.2 Å². The largest absolute Gasteiger partial charge is 0.379 e. The van der Waals surface area contributed by atoms with Gasteiger partial charge in [0.2, 0.25) is 0 Å². The molecule has 20 heavy (non-hydrogen) atoms. The lowest BCUT2D eigenvalue weighted by atomic mass is 10.4. The van der Waals surface area contributed by atoms with Crippen LogP contribution in [0.3, 0.4) is 0 Å². The highest BCUT2D eigenvalue weighted by atomic mass is 32.2. The second-order valence-electron chi connectivity index (χ2n) is 4.74. The number of carbonyl (C=O) groups is 1. The molecule has 1 N–H and O–H groups in total. The first kappa shape index (κ1) is 15.5. The molecular formula is C11H22N4O4S. The molecule has 2 fully saturated rings. The van der Waals surface area contributed by atoms with Crippen molar-refractivity contribution in [2.24, 2.45) is 0 Å². The van der Waals surface area contributed by atoms with Gasteiger partial charge in [0.1, 0.15) is 0 Å². The molecule has 2 amide bonds. The summed E-state index contributed by atoms with van der Waals surface area (Å²) in [7, 11) is -3.42. The van der Waals surface area contributed by atoms with Crippen molar-refractivity contribution in [2.75, 3.05) is 59.0 Å². The van der Waals surface area contributed by atoms with E-state index in [4.69, 9.17) is 4.74 Å². The van der Waals surface area contributed by atoms with Gasteiger partial charge in [0.05, 0.1) is 13.2 Å². The summed E-state index contributed by atoms with van der Waals surface area (Å²) in [6.07, 6.45) is 0. The minimum atomic E-state index is -3.42. The van der Waals surface area contributed by atoms with E-state index in [2.05, 4.69) is 5.32 Å². The Balaban J connectivity index is 1.90. The second kappa shape index (κ2) is 6.70. The number of ether oxygens (including phenoxy) is 1. The topological polar surface area (TPSA) is 82.2 Å². The predicted molar refractivity (Wildman–Crippen MR) is 73.5 cm³/mol. The highest BCUT2D eigenvalue weighted by molar-refractivity contribution is 7.86. The van der Waals surface area contributed by atoms with Crippen LogP contribution in [0.1, 0.15) is 6.92 Å². The van der Waals surface area contributed by atoms with Gasteiger partial charge in [-0.15, -0.1) is 0 Å². The van der Waals surface area contributed by atoms with Crippen LogP contribution in [-0.4, -0.2) is 87.0 Å². The zero-order valence-electron chi connectivity index (χ0n) is 11.7. The summed E-state index contributed by atoms with van der Waals surface area (Å²) in [5.74, 6) is 0. The zero-order chi connectivity index (χ0) is 14.6. The van der Waals surface area contributed by atoms with Gasteiger partial charge in [-0.2, -0.15) is 17.0 Å². The summed E-state index contributed by atoms with van der Waals surface area (Å²) in [4.78, 5) is 13.3. The molecule has 116 valence electrons. The molecule has 0 bridgehead atoms. The van der Waals surface area contributed by atoms with Crippen molar-refractivity contribution < 1.29 is 17.9 Å². The zero-order valence-corrected chi connectivity index (χ0v) is 12.6. The number of nitrogens with one attached hydrogen (secondary N) is 1. The first-order valence-corrected chi connectivity index (χ1v) is 8.31. The fourth-order valence-corrected chi connectivity index (χ4v) is 3.89. The average Bonchev–Trinajstić information content (AvgIpc) is 2.48. The average molecular weight is 306 g/mol. The number of nitrogens with zero attached hydrogens (tertiary/aromatic N) is 3. The quantitative estimate of drug-likeness (QED) is 0.718. The molecule has 0 unspecified atom stereocenters. The van der Waals surface area contributed by atoms with Gasteiger partial charge in [0.25, 0.3) is 10.2 Å². The van der Waals surface area contributed by atoms with Crippen LogP contribution in [0.25, 0.3) is 0 Å². The molecule has 9 heteroatoms. The number of morpholine rings is 1. The fraction of sp³-hybridized carbons (Fsp3) is 0.909. The molecule has 0 atom stereocenters. The van der Waals surface area contributed by atoms with Gasteiger partial charge < -0.3 is 15.0 Å². The number of carbonyl (C=O) groups excluding carboxylic acids is 1. The molecule has 0 aliphatic carbocycles. The van der Waals surface area contributed by atoms with Crippen LogP contribution in [0.4, 0.5) is 4.79 Å². The Labute approximate surface area is 119 Å². The van der Waals surface area contributed by atoms with Crippen molar-refractivity contribution >= 4 is 16.2 Å². The third-order valence-electron chi connectivity index (χ3n) is 3.48. The van der Waals surface area contributed by atoms with Gasteiger partial charge in [-0.3, -0.25) is 0 Å². The van der Waals surface area contributed by atoms with Crippen molar-refractivity contribution in [2.45, 2.75) is 6.92 Å². The lowest BCUT2D eigenvalue weighted by Gasteiger charge is -2.37. The maximum absolute atomic E-state index is 12.4. The van der Waals surface area contributed by atoms with Crippen LogP contribution in [0, 0.1) is 0 Å². The lowest BCUT2D eigenvalue weighted by molar-refractivity contribution is 0.0690. The van der Waals surface area contributed by atoms with Gasteiger partial charge in [0.15, 0.2) is 0 Å². The number of hydrogen-bond donors (Lipinski definition) is 1. The summed E-state index contributed by atoms with van der Waals surface area (Å²) < 4.78 is 32.9. The Hall–Kier alpha value is -0.900. The van der Waals surface area contributed by atoms with Crippen LogP contribution >= 0.6 is 0 Å². The van der Waals surface area contributed by atoms with Crippen LogP contribution < -0.4 is 5.32 Å². The number of rotatable bonds is 3. The fourth-order valence-electron chi connectivity index (χ4n) is 2.33. The standard InChI is InChI=1S/C11H22N4O4S/c1-2-12-11(16)13-3-5-14(6-4-13)20(17,18)15-7-9-19-10-8-15/h2-10H2,1H3,(H,12,16). The normalized spacial score (nSPS) is 22.8. The molecule has 0 radical (unpaired) electrons. The Kier molecular flexibility index (Phi) is 5.19. The van der Waals surface area contributed by atoms with Crippen molar-refractivity contribution in [3.05, 3.63) is 0 Å². The molecular weight excluding hydrogens is 284 g/mol. The van der Waals surface area contributed by atoms with Crippen LogP contribution in [-0.2, 0) is 14.9 Å². The minimum Gasteiger partial charge on any atom is -0.379 e. The predicted octanol–water partition coefficient (Wildman–Crippen LogP) is -1.09. The maximum Gasteiger partial charge on any atom is 0.317 e. The second-order valence-corrected chi connectivity index (χ2v) is 6.67. The van der Waals surface area contributed by atoms with Gasteiger partial charge in [-0.05, 0) is 6.92 Å². The number of hydrogen-bond acceptors (Lipinski definition) is 4. The molecule has 0 aromatic heterocycles. The van der Waals surface area contributed by atoms with E-state index in [1.165, 1.54) is 8.61 Å². The number of urea groups is 1. The Morgan fingerprint density at radius 2 is 1.60 bits per heavy atom. The highest BCUT2D eigenvalue weighted by Crippen LogP contribution is 2.13. The first-order valence-electron chi connectivity index (χ1n) is 6.91. The van der Waals surface area contributed by atoms with Gasteiger partial charge in [0, 0.05) is 45.8 Å². The van der Waals surface area contributed by atoms with E-state index >= 15 is 0 Å². The van der Waals surface area contributed by atoms with E-state index in [0.717, 1.165) is 0 Å². The molecule has 2 rings (SSSR count).